The summed E-state index contributed by atoms with van der Waals surface area (Å²) in [5.74, 6) is 0.863. The molecule has 2 fully saturated rings. The molecule has 2 aliphatic rings. The van der Waals surface area contributed by atoms with Crippen molar-refractivity contribution in [1.82, 2.24) is 10.2 Å². The van der Waals surface area contributed by atoms with Crippen molar-refractivity contribution in [1.29, 1.82) is 0 Å². The lowest BCUT2D eigenvalue weighted by Gasteiger charge is -2.21. The number of aliphatic hydroxyl groups is 1. The second-order valence-corrected chi connectivity index (χ2v) is 3.53. The zero-order valence-corrected chi connectivity index (χ0v) is 6.79. The maximum Gasteiger partial charge on any atom is 0.0558 e. The molecule has 0 aromatic rings. The van der Waals surface area contributed by atoms with E-state index in [1.165, 1.54) is 19.5 Å². The Labute approximate surface area is 67.4 Å². The van der Waals surface area contributed by atoms with Crippen LogP contribution in [0.5, 0.6) is 0 Å². The highest BCUT2D eigenvalue weighted by atomic mass is 16.3. The van der Waals surface area contributed by atoms with Gasteiger partial charge in [-0.1, -0.05) is 0 Å². The summed E-state index contributed by atoms with van der Waals surface area (Å²) < 4.78 is 0. The first-order valence-electron chi connectivity index (χ1n) is 4.47. The van der Waals surface area contributed by atoms with Crippen molar-refractivity contribution in [2.75, 3.05) is 32.8 Å². The van der Waals surface area contributed by atoms with Gasteiger partial charge < -0.3 is 10.4 Å². The van der Waals surface area contributed by atoms with Crippen LogP contribution < -0.4 is 5.32 Å². The fourth-order valence-corrected chi connectivity index (χ4v) is 2.34. The minimum absolute atomic E-state index is 0.309. The van der Waals surface area contributed by atoms with Gasteiger partial charge in [-0.15, -0.1) is 0 Å². The second-order valence-electron chi connectivity index (χ2n) is 3.53. The molecule has 0 aromatic heterocycles. The average molecular weight is 156 g/mol. The first-order valence-corrected chi connectivity index (χ1v) is 4.47. The van der Waals surface area contributed by atoms with Crippen LogP contribution in [0.3, 0.4) is 0 Å². The largest absolute Gasteiger partial charge is 0.395 e. The van der Waals surface area contributed by atoms with E-state index < -0.39 is 0 Å². The number of rotatable bonds is 2. The first kappa shape index (κ1) is 7.53. The average Bonchev–Trinajstić information content (AvgIpc) is 2.53. The van der Waals surface area contributed by atoms with Gasteiger partial charge in [0.25, 0.3) is 0 Å². The number of β-amino-alcohol motifs (C(OH)–C–C–N with tert-alkyl or cyclic N) is 1. The van der Waals surface area contributed by atoms with Crippen LogP contribution in [0.4, 0.5) is 0 Å². The van der Waals surface area contributed by atoms with Crippen LogP contribution in [-0.2, 0) is 0 Å². The summed E-state index contributed by atoms with van der Waals surface area (Å²) in [6, 6.07) is 0.724. The lowest BCUT2D eigenvalue weighted by atomic mass is 10.1. The zero-order valence-electron chi connectivity index (χ0n) is 6.79. The van der Waals surface area contributed by atoms with Gasteiger partial charge in [-0.05, 0) is 25.4 Å². The Balaban J connectivity index is 1.92. The molecule has 0 saturated carbocycles. The molecule has 0 unspecified atom stereocenters. The highest BCUT2D eigenvalue weighted by Gasteiger charge is 2.36. The molecule has 2 saturated heterocycles. The molecule has 2 heterocycles. The Kier molecular flexibility index (Phi) is 2.11. The minimum atomic E-state index is 0.309. The van der Waals surface area contributed by atoms with E-state index in [-0.39, 0.29) is 0 Å². The van der Waals surface area contributed by atoms with E-state index in [1.807, 2.05) is 0 Å². The van der Waals surface area contributed by atoms with E-state index in [0.29, 0.717) is 6.61 Å². The van der Waals surface area contributed by atoms with Crippen molar-refractivity contribution in [2.24, 2.45) is 5.92 Å². The van der Waals surface area contributed by atoms with E-state index in [1.54, 1.807) is 0 Å². The van der Waals surface area contributed by atoms with Crippen LogP contribution in [0, 0.1) is 5.92 Å². The molecule has 0 amide bonds. The molecule has 0 radical (unpaired) electrons. The quantitative estimate of drug-likeness (QED) is 0.553. The SMILES string of the molecule is OCCN1CC[C@@H]2CNC[C@@H]21. The van der Waals surface area contributed by atoms with E-state index in [0.717, 1.165) is 25.0 Å². The van der Waals surface area contributed by atoms with Crippen LogP contribution in [0.25, 0.3) is 0 Å². The summed E-state index contributed by atoms with van der Waals surface area (Å²) >= 11 is 0. The molecule has 0 aliphatic carbocycles. The highest BCUT2D eigenvalue weighted by molar-refractivity contribution is 4.94. The molecule has 0 bridgehead atoms. The van der Waals surface area contributed by atoms with Crippen molar-refractivity contribution in [2.45, 2.75) is 12.5 Å². The molecule has 2 rings (SSSR count). The Morgan fingerprint density at radius 2 is 2.36 bits per heavy atom. The van der Waals surface area contributed by atoms with Gasteiger partial charge >= 0.3 is 0 Å². The van der Waals surface area contributed by atoms with Crippen LogP contribution in [-0.4, -0.2) is 48.8 Å². The molecule has 0 spiro atoms. The molecule has 2 atom stereocenters. The maximum atomic E-state index is 8.78. The summed E-state index contributed by atoms with van der Waals surface area (Å²) in [6.07, 6.45) is 1.32. The molecular weight excluding hydrogens is 140 g/mol. The monoisotopic (exact) mass is 156 g/mol. The third-order valence-corrected chi connectivity index (χ3v) is 2.95. The standard InChI is InChI=1S/C8H16N2O/c11-4-3-10-2-1-7-5-9-6-8(7)10/h7-9,11H,1-6H2/t7-,8+/m1/s1. The molecule has 64 valence electrons. The summed E-state index contributed by atoms with van der Waals surface area (Å²) in [6.45, 7) is 4.68. The number of hydrogen-bond acceptors (Lipinski definition) is 3. The molecular formula is C8H16N2O. The zero-order chi connectivity index (χ0) is 7.68. The van der Waals surface area contributed by atoms with E-state index in [2.05, 4.69) is 10.2 Å². The van der Waals surface area contributed by atoms with Crippen molar-refractivity contribution in [3.8, 4) is 0 Å². The third kappa shape index (κ3) is 1.28. The predicted molar refractivity (Wildman–Crippen MR) is 43.4 cm³/mol. The molecule has 3 nitrogen and oxygen atoms in total. The third-order valence-electron chi connectivity index (χ3n) is 2.95. The highest BCUT2D eigenvalue weighted by Crippen LogP contribution is 2.26. The van der Waals surface area contributed by atoms with Crippen LogP contribution in [0.2, 0.25) is 0 Å². The summed E-state index contributed by atoms with van der Waals surface area (Å²) in [5, 5.41) is 12.2. The number of aliphatic hydroxyl groups excluding tert-OH is 1. The van der Waals surface area contributed by atoms with Gasteiger partial charge in [-0.25, -0.2) is 0 Å². The number of nitrogens with one attached hydrogen (secondary N) is 1. The van der Waals surface area contributed by atoms with Gasteiger partial charge in [0, 0.05) is 19.1 Å². The summed E-state index contributed by atoms with van der Waals surface area (Å²) in [7, 11) is 0. The van der Waals surface area contributed by atoms with Gasteiger partial charge in [-0.2, -0.15) is 0 Å². The number of fused-ring (bicyclic) bond motifs is 1. The Bertz CT molecular complexity index is 138. The van der Waals surface area contributed by atoms with Crippen LogP contribution in [0.15, 0.2) is 0 Å². The Hall–Kier alpha value is -0.120. The number of nitrogens with zero attached hydrogens (tertiary/aromatic N) is 1. The Morgan fingerprint density at radius 1 is 1.45 bits per heavy atom. The predicted octanol–water partition coefficient (Wildman–Crippen LogP) is -0.728. The van der Waals surface area contributed by atoms with Crippen LogP contribution in [0.1, 0.15) is 6.42 Å². The van der Waals surface area contributed by atoms with Gasteiger partial charge in [-0.3, -0.25) is 4.90 Å². The van der Waals surface area contributed by atoms with E-state index in [9.17, 15) is 0 Å². The number of likely N-dealkylation sites (tertiary alicyclic amines) is 1. The van der Waals surface area contributed by atoms with Gasteiger partial charge in [0.05, 0.1) is 6.61 Å². The summed E-state index contributed by atoms with van der Waals surface area (Å²) in [5.41, 5.74) is 0. The molecule has 11 heavy (non-hydrogen) atoms. The normalized spacial score (nSPS) is 37.9. The van der Waals surface area contributed by atoms with Crippen molar-refractivity contribution in [3.63, 3.8) is 0 Å². The first-order chi connectivity index (χ1) is 5.42. The van der Waals surface area contributed by atoms with Crippen LogP contribution >= 0.6 is 0 Å². The van der Waals surface area contributed by atoms with Gasteiger partial charge in [0.1, 0.15) is 0 Å². The fourth-order valence-electron chi connectivity index (χ4n) is 2.34. The second kappa shape index (κ2) is 3.09. The lowest BCUT2D eigenvalue weighted by molar-refractivity contribution is 0.184. The van der Waals surface area contributed by atoms with Gasteiger partial charge in [0.2, 0.25) is 0 Å². The maximum absolute atomic E-state index is 8.78. The van der Waals surface area contributed by atoms with Crippen molar-refractivity contribution in [3.05, 3.63) is 0 Å². The molecule has 2 N–H and O–H groups in total. The fraction of sp³-hybridized carbons (Fsp3) is 1.00. The van der Waals surface area contributed by atoms with E-state index in [4.69, 9.17) is 5.11 Å². The van der Waals surface area contributed by atoms with Crippen molar-refractivity contribution >= 4 is 0 Å². The Morgan fingerprint density at radius 3 is 3.18 bits per heavy atom. The minimum Gasteiger partial charge on any atom is -0.395 e. The van der Waals surface area contributed by atoms with E-state index >= 15 is 0 Å². The molecule has 0 aromatic carbocycles. The number of hydrogen-bond donors (Lipinski definition) is 2. The topological polar surface area (TPSA) is 35.5 Å². The molecule has 2 aliphatic heterocycles. The smallest absolute Gasteiger partial charge is 0.0558 e. The molecule has 3 heteroatoms. The summed E-state index contributed by atoms with van der Waals surface area (Å²) in [4.78, 5) is 2.41. The van der Waals surface area contributed by atoms with Gasteiger partial charge in [0.15, 0.2) is 0 Å². The van der Waals surface area contributed by atoms with Crippen molar-refractivity contribution < 1.29 is 5.11 Å². The lowest BCUT2D eigenvalue weighted by Crippen LogP contribution is -2.36.